The molecule has 1 saturated heterocycles. The van der Waals surface area contributed by atoms with Crippen LogP contribution in [0.25, 0.3) is 0 Å². The van der Waals surface area contributed by atoms with Gasteiger partial charge in [0.15, 0.2) is 0 Å². The lowest BCUT2D eigenvalue weighted by Crippen LogP contribution is -2.34. The van der Waals surface area contributed by atoms with E-state index in [0.29, 0.717) is 19.5 Å². The molecule has 0 bridgehead atoms. The van der Waals surface area contributed by atoms with Crippen LogP contribution in [0.5, 0.6) is 0 Å². The van der Waals surface area contributed by atoms with Gasteiger partial charge in [0.05, 0.1) is 15.8 Å². The highest BCUT2D eigenvalue weighted by molar-refractivity contribution is 7.93. The van der Waals surface area contributed by atoms with Crippen LogP contribution >= 0.6 is 12.4 Å². The molecule has 0 amide bonds. The molecule has 1 fully saturated rings. The molecule has 1 aromatic carbocycles. The van der Waals surface area contributed by atoms with Gasteiger partial charge in [0, 0.05) is 13.1 Å². The minimum Gasteiger partial charge on any atom is -0.330 e. The maximum Gasteiger partial charge on any atom is 0.243 e. The molecule has 1 unspecified atom stereocenters. The standard InChI is InChI=1S/C15H24FN3O4S2.ClH/c1-11(2)24(20,21)18-14-5-4-12(8-13(14)16)25(22,23)19-7-6-15(3,9-17)10-19;/h4-5,8,11,18H,6-7,9-10,17H2,1-3H3;1H. The van der Waals surface area contributed by atoms with E-state index in [9.17, 15) is 21.2 Å². The Balaban J connectivity index is 0.00000338. The second-order valence-corrected chi connectivity index (χ2v) is 11.1. The normalized spacial score (nSPS) is 21.6. The summed E-state index contributed by atoms with van der Waals surface area (Å²) < 4.78 is 66.7. The predicted octanol–water partition coefficient (Wildman–Crippen LogP) is 1.76. The van der Waals surface area contributed by atoms with Crippen molar-refractivity contribution in [2.75, 3.05) is 24.4 Å². The molecule has 1 atom stereocenters. The van der Waals surface area contributed by atoms with Gasteiger partial charge in [0.1, 0.15) is 5.82 Å². The number of rotatable bonds is 6. The number of nitrogens with one attached hydrogen (secondary N) is 1. The SMILES string of the molecule is CC(C)S(=O)(=O)Nc1ccc(S(=O)(=O)N2CCC(C)(CN)C2)cc1F.Cl. The summed E-state index contributed by atoms with van der Waals surface area (Å²) in [7, 11) is -7.58. The van der Waals surface area contributed by atoms with Gasteiger partial charge in [-0.25, -0.2) is 21.2 Å². The minimum absolute atomic E-state index is 0. The van der Waals surface area contributed by atoms with Crippen molar-refractivity contribution in [1.29, 1.82) is 0 Å². The minimum atomic E-state index is -3.86. The molecular formula is C15H25ClFN3O4S2. The van der Waals surface area contributed by atoms with E-state index in [4.69, 9.17) is 5.73 Å². The number of hydrogen-bond acceptors (Lipinski definition) is 5. The zero-order chi connectivity index (χ0) is 19.0. The first-order valence-electron chi connectivity index (χ1n) is 7.93. The van der Waals surface area contributed by atoms with Gasteiger partial charge >= 0.3 is 0 Å². The molecule has 3 N–H and O–H groups in total. The van der Waals surface area contributed by atoms with E-state index >= 15 is 0 Å². The van der Waals surface area contributed by atoms with Crippen LogP contribution in [0.1, 0.15) is 27.2 Å². The lowest BCUT2D eigenvalue weighted by atomic mass is 9.90. The Hall–Kier alpha value is -0.940. The maximum atomic E-state index is 14.2. The molecule has 0 aliphatic carbocycles. The van der Waals surface area contributed by atoms with Crippen molar-refractivity contribution in [2.24, 2.45) is 11.1 Å². The lowest BCUT2D eigenvalue weighted by Gasteiger charge is -2.22. The summed E-state index contributed by atoms with van der Waals surface area (Å²) in [6.45, 7) is 5.78. The zero-order valence-corrected chi connectivity index (χ0v) is 17.3. The summed E-state index contributed by atoms with van der Waals surface area (Å²) in [5, 5.41) is -0.742. The summed E-state index contributed by atoms with van der Waals surface area (Å²) in [5.74, 6) is -0.939. The van der Waals surface area contributed by atoms with Crippen LogP contribution in [0.15, 0.2) is 23.1 Å². The monoisotopic (exact) mass is 429 g/mol. The number of anilines is 1. The van der Waals surface area contributed by atoms with Crippen LogP contribution in [-0.2, 0) is 20.0 Å². The first kappa shape index (κ1) is 23.1. The first-order valence-corrected chi connectivity index (χ1v) is 10.9. The topological polar surface area (TPSA) is 110 Å². The summed E-state index contributed by atoms with van der Waals surface area (Å²) >= 11 is 0. The third-order valence-corrected chi connectivity index (χ3v) is 8.05. The maximum absolute atomic E-state index is 14.2. The number of benzene rings is 1. The molecule has 0 radical (unpaired) electrons. The fraction of sp³-hybridized carbons (Fsp3) is 0.600. The fourth-order valence-corrected chi connectivity index (χ4v) is 4.82. The zero-order valence-electron chi connectivity index (χ0n) is 14.9. The van der Waals surface area contributed by atoms with Crippen molar-refractivity contribution in [3.05, 3.63) is 24.0 Å². The Labute approximate surface area is 160 Å². The van der Waals surface area contributed by atoms with Crippen LogP contribution < -0.4 is 10.5 Å². The largest absolute Gasteiger partial charge is 0.330 e. The van der Waals surface area contributed by atoms with Crippen molar-refractivity contribution in [2.45, 2.75) is 37.3 Å². The van der Waals surface area contributed by atoms with E-state index in [1.807, 2.05) is 6.92 Å². The van der Waals surface area contributed by atoms with Gasteiger partial charge < -0.3 is 5.73 Å². The van der Waals surface area contributed by atoms with Crippen LogP contribution in [0.2, 0.25) is 0 Å². The Morgan fingerprint density at radius 3 is 2.38 bits per heavy atom. The van der Waals surface area contributed by atoms with Crippen LogP contribution in [0.3, 0.4) is 0 Å². The summed E-state index contributed by atoms with van der Waals surface area (Å²) in [6, 6.07) is 3.17. The van der Waals surface area contributed by atoms with E-state index in [1.54, 1.807) is 0 Å². The Morgan fingerprint density at radius 2 is 1.92 bits per heavy atom. The second kappa shape index (κ2) is 7.97. The number of halogens is 2. The van der Waals surface area contributed by atoms with E-state index in [0.717, 1.165) is 12.1 Å². The quantitative estimate of drug-likeness (QED) is 0.715. The number of hydrogen-bond donors (Lipinski definition) is 2. The molecule has 150 valence electrons. The van der Waals surface area contributed by atoms with Crippen molar-refractivity contribution < 1.29 is 21.2 Å². The van der Waals surface area contributed by atoms with E-state index < -0.39 is 31.1 Å². The summed E-state index contributed by atoms with van der Waals surface area (Å²) in [5.41, 5.74) is 5.12. The average molecular weight is 430 g/mol. The van der Waals surface area contributed by atoms with Gasteiger partial charge in [-0.2, -0.15) is 4.31 Å². The van der Waals surface area contributed by atoms with E-state index in [2.05, 4.69) is 4.72 Å². The van der Waals surface area contributed by atoms with Crippen molar-refractivity contribution in [3.8, 4) is 0 Å². The number of sulfonamides is 2. The third-order valence-electron chi connectivity index (χ3n) is 4.47. The van der Waals surface area contributed by atoms with Crippen LogP contribution in [0, 0.1) is 11.2 Å². The van der Waals surface area contributed by atoms with Crippen LogP contribution in [-0.4, -0.2) is 46.0 Å². The smallest absolute Gasteiger partial charge is 0.243 e. The Bertz CT molecular complexity index is 862. The van der Waals surface area contributed by atoms with Gasteiger partial charge in [-0.15, -0.1) is 12.4 Å². The molecule has 1 aliphatic heterocycles. The molecular weight excluding hydrogens is 405 g/mol. The molecule has 0 aromatic heterocycles. The van der Waals surface area contributed by atoms with Crippen molar-refractivity contribution in [1.82, 2.24) is 4.31 Å². The average Bonchev–Trinajstić information content (AvgIpc) is 2.93. The molecule has 1 heterocycles. The third kappa shape index (κ3) is 4.66. The summed E-state index contributed by atoms with van der Waals surface area (Å²) in [4.78, 5) is -0.209. The van der Waals surface area contributed by atoms with Gasteiger partial charge in [0.25, 0.3) is 0 Å². The molecule has 0 spiro atoms. The van der Waals surface area contributed by atoms with Crippen LogP contribution in [0.4, 0.5) is 10.1 Å². The first-order chi connectivity index (χ1) is 11.4. The molecule has 2 rings (SSSR count). The second-order valence-electron chi connectivity index (χ2n) is 6.94. The predicted molar refractivity (Wildman–Crippen MR) is 102 cm³/mol. The van der Waals surface area contributed by atoms with E-state index in [-0.39, 0.29) is 34.9 Å². The summed E-state index contributed by atoms with van der Waals surface area (Å²) in [6.07, 6.45) is 0.636. The highest BCUT2D eigenvalue weighted by Gasteiger charge is 2.39. The highest BCUT2D eigenvalue weighted by atomic mass is 35.5. The molecule has 1 aromatic rings. The molecule has 11 heteroatoms. The van der Waals surface area contributed by atoms with Gasteiger partial charge in [-0.1, -0.05) is 6.92 Å². The van der Waals surface area contributed by atoms with Gasteiger partial charge in [-0.3, -0.25) is 4.72 Å². The van der Waals surface area contributed by atoms with Gasteiger partial charge in [0.2, 0.25) is 20.0 Å². The van der Waals surface area contributed by atoms with Crippen molar-refractivity contribution >= 4 is 38.1 Å². The molecule has 26 heavy (non-hydrogen) atoms. The Kier molecular flexibility index (Phi) is 7.08. The molecule has 0 saturated carbocycles. The highest BCUT2D eigenvalue weighted by Crippen LogP contribution is 2.33. The van der Waals surface area contributed by atoms with Gasteiger partial charge in [-0.05, 0) is 50.4 Å². The number of nitrogens with zero attached hydrogens (tertiary/aromatic N) is 1. The number of nitrogens with two attached hydrogens (primary N) is 1. The molecule has 7 nitrogen and oxygen atoms in total. The Morgan fingerprint density at radius 1 is 1.31 bits per heavy atom. The van der Waals surface area contributed by atoms with Crippen molar-refractivity contribution in [3.63, 3.8) is 0 Å². The lowest BCUT2D eigenvalue weighted by molar-refractivity contribution is 0.349. The fourth-order valence-electron chi connectivity index (χ4n) is 2.51. The molecule has 1 aliphatic rings. The van der Waals surface area contributed by atoms with E-state index in [1.165, 1.54) is 24.2 Å².